The lowest BCUT2D eigenvalue weighted by atomic mass is 10.1. The molecular weight excluding hydrogens is 252 g/mol. The van der Waals surface area contributed by atoms with Gasteiger partial charge < -0.3 is 16.1 Å². The van der Waals surface area contributed by atoms with Gasteiger partial charge in [-0.15, -0.1) is 0 Å². The zero-order valence-electron chi connectivity index (χ0n) is 12.5. The molecule has 1 heterocycles. The third kappa shape index (κ3) is 3.72. The zero-order chi connectivity index (χ0) is 14.5. The Bertz CT molecular complexity index is 428. The van der Waals surface area contributed by atoms with Crippen molar-refractivity contribution in [1.82, 2.24) is 9.97 Å². The summed E-state index contributed by atoms with van der Waals surface area (Å²) in [5, 5.41) is 0. The van der Waals surface area contributed by atoms with Crippen LogP contribution >= 0.6 is 0 Å². The fourth-order valence-electron chi connectivity index (χ4n) is 2.77. The Morgan fingerprint density at radius 1 is 1.35 bits per heavy atom. The van der Waals surface area contributed by atoms with Crippen molar-refractivity contribution in [2.45, 2.75) is 52.0 Å². The van der Waals surface area contributed by atoms with Crippen LogP contribution in [0.3, 0.4) is 0 Å². The highest BCUT2D eigenvalue weighted by molar-refractivity contribution is 5.52. The van der Waals surface area contributed by atoms with E-state index in [9.17, 15) is 0 Å². The molecule has 2 rings (SSSR count). The Morgan fingerprint density at radius 3 is 2.65 bits per heavy atom. The van der Waals surface area contributed by atoms with Gasteiger partial charge in [-0.25, -0.2) is 5.84 Å². The van der Waals surface area contributed by atoms with Crippen LogP contribution in [0.2, 0.25) is 0 Å². The molecule has 1 saturated carbocycles. The average molecular weight is 278 g/mol. The first-order chi connectivity index (χ1) is 9.60. The number of nitrogen functional groups attached to an aromatic ring is 2. The molecule has 0 aromatic carbocycles. The number of hydrogen-bond acceptors (Lipinski definition) is 6. The summed E-state index contributed by atoms with van der Waals surface area (Å²) in [4.78, 5) is 10.8. The number of nitrogens with zero attached hydrogens (tertiary/aromatic N) is 3. The third-order valence-corrected chi connectivity index (χ3v) is 3.88. The molecule has 1 aromatic rings. The average Bonchev–Trinajstić information content (AvgIpc) is 2.92. The first kappa shape index (κ1) is 14.8. The smallest absolute Gasteiger partial charge is 0.223 e. The summed E-state index contributed by atoms with van der Waals surface area (Å²) in [7, 11) is 0. The van der Waals surface area contributed by atoms with E-state index < -0.39 is 0 Å². The first-order valence-corrected chi connectivity index (χ1v) is 7.48. The Labute approximate surface area is 120 Å². The molecule has 0 amide bonds. The second kappa shape index (κ2) is 6.74. The van der Waals surface area contributed by atoms with E-state index >= 15 is 0 Å². The lowest BCUT2D eigenvalue weighted by Crippen LogP contribution is -2.35. The van der Waals surface area contributed by atoms with Crippen molar-refractivity contribution in [1.29, 1.82) is 0 Å². The number of hydrazine groups is 1. The highest BCUT2D eigenvalue weighted by Gasteiger charge is 2.24. The van der Waals surface area contributed by atoms with Crippen molar-refractivity contribution >= 4 is 17.6 Å². The molecule has 0 aliphatic heterocycles. The summed E-state index contributed by atoms with van der Waals surface area (Å²) in [6, 6.07) is 2.45. The molecule has 1 aliphatic rings. The largest absolute Gasteiger partial charge is 0.368 e. The summed E-state index contributed by atoms with van der Waals surface area (Å²) in [6.07, 6.45) is 6.20. The topological polar surface area (TPSA) is 93.1 Å². The summed E-state index contributed by atoms with van der Waals surface area (Å²) >= 11 is 0. The van der Waals surface area contributed by atoms with E-state index in [0.29, 0.717) is 17.8 Å². The number of nitrogens with two attached hydrogens (primary N) is 2. The van der Waals surface area contributed by atoms with Crippen molar-refractivity contribution in [3.05, 3.63) is 6.07 Å². The van der Waals surface area contributed by atoms with Crippen molar-refractivity contribution in [2.24, 2.45) is 11.8 Å². The minimum atomic E-state index is 0.267. The molecule has 1 aromatic heterocycles. The fourth-order valence-corrected chi connectivity index (χ4v) is 2.77. The maximum atomic E-state index is 5.78. The van der Waals surface area contributed by atoms with Crippen LogP contribution in [0.1, 0.15) is 46.0 Å². The Balaban J connectivity index is 2.22. The number of rotatable bonds is 6. The molecule has 0 unspecified atom stereocenters. The molecule has 112 valence electrons. The molecule has 0 atom stereocenters. The molecular formula is C14H26N6. The summed E-state index contributed by atoms with van der Waals surface area (Å²) in [6.45, 7) is 5.49. The van der Waals surface area contributed by atoms with Gasteiger partial charge in [-0.05, 0) is 25.2 Å². The van der Waals surface area contributed by atoms with E-state index in [1.165, 1.54) is 25.7 Å². The fraction of sp³-hybridized carbons (Fsp3) is 0.714. The molecule has 0 saturated heterocycles. The van der Waals surface area contributed by atoms with Gasteiger partial charge in [0, 0.05) is 18.7 Å². The monoisotopic (exact) mass is 278 g/mol. The SMILES string of the molecule is CC(C)CCN(c1cc(NN)nc(N)n1)C1CCCC1. The van der Waals surface area contributed by atoms with Gasteiger partial charge in [-0.1, -0.05) is 26.7 Å². The van der Waals surface area contributed by atoms with Crippen LogP contribution in [0, 0.1) is 5.92 Å². The van der Waals surface area contributed by atoms with E-state index in [1.54, 1.807) is 0 Å². The summed E-state index contributed by atoms with van der Waals surface area (Å²) in [5.41, 5.74) is 8.34. The number of hydrogen-bond donors (Lipinski definition) is 3. The van der Waals surface area contributed by atoms with Crippen molar-refractivity contribution in [3.63, 3.8) is 0 Å². The van der Waals surface area contributed by atoms with Gasteiger partial charge in [0.2, 0.25) is 5.95 Å². The molecule has 1 aliphatic carbocycles. The Morgan fingerprint density at radius 2 is 2.05 bits per heavy atom. The van der Waals surface area contributed by atoms with E-state index in [-0.39, 0.29) is 5.95 Å². The standard InChI is InChI=1S/C14H26N6/c1-10(2)7-8-20(11-5-3-4-6-11)13-9-12(19-16)17-14(15)18-13/h9-11H,3-8,16H2,1-2H3,(H3,15,17,18,19). The second-order valence-corrected chi connectivity index (χ2v) is 5.93. The van der Waals surface area contributed by atoms with Crippen molar-refractivity contribution < 1.29 is 0 Å². The van der Waals surface area contributed by atoms with Crippen LogP contribution in [0.25, 0.3) is 0 Å². The quantitative estimate of drug-likeness (QED) is 0.545. The maximum absolute atomic E-state index is 5.78. The van der Waals surface area contributed by atoms with Crippen LogP contribution in [0.15, 0.2) is 6.07 Å². The van der Waals surface area contributed by atoms with E-state index in [2.05, 4.69) is 34.1 Å². The normalized spacial score (nSPS) is 15.8. The summed E-state index contributed by atoms with van der Waals surface area (Å²) in [5.74, 6) is 7.84. The third-order valence-electron chi connectivity index (χ3n) is 3.88. The number of aromatic nitrogens is 2. The molecule has 20 heavy (non-hydrogen) atoms. The molecule has 5 N–H and O–H groups in total. The molecule has 0 radical (unpaired) electrons. The number of anilines is 3. The van der Waals surface area contributed by atoms with Crippen LogP contribution in [0.5, 0.6) is 0 Å². The van der Waals surface area contributed by atoms with Gasteiger partial charge in [0.05, 0.1) is 0 Å². The minimum absolute atomic E-state index is 0.267. The molecule has 0 spiro atoms. The van der Waals surface area contributed by atoms with Gasteiger partial charge >= 0.3 is 0 Å². The number of nitrogens with one attached hydrogen (secondary N) is 1. The predicted molar refractivity (Wildman–Crippen MR) is 83.3 cm³/mol. The van der Waals surface area contributed by atoms with E-state index in [4.69, 9.17) is 11.6 Å². The lowest BCUT2D eigenvalue weighted by Gasteiger charge is -2.31. The van der Waals surface area contributed by atoms with E-state index in [0.717, 1.165) is 18.8 Å². The van der Waals surface area contributed by atoms with Crippen molar-refractivity contribution in [2.75, 3.05) is 22.6 Å². The minimum Gasteiger partial charge on any atom is -0.368 e. The predicted octanol–water partition coefficient (Wildman–Crippen LogP) is 2.14. The van der Waals surface area contributed by atoms with Crippen LogP contribution < -0.4 is 21.9 Å². The molecule has 6 heteroatoms. The Hall–Kier alpha value is -1.56. The highest BCUT2D eigenvalue weighted by atomic mass is 15.3. The zero-order valence-corrected chi connectivity index (χ0v) is 12.5. The maximum Gasteiger partial charge on any atom is 0.223 e. The van der Waals surface area contributed by atoms with Crippen LogP contribution in [-0.4, -0.2) is 22.6 Å². The molecule has 1 fully saturated rings. The van der Waals surface area contributed by atoms with Gasteiger partial charge in [0.25, 0.3) is 0 Å². The van der Waals surface area contributed by atoms with Gasteiger partial charge in [-0.2, -0.15) is 9.97 Å². The molecule has 6 nitrogen and oxygen atoms in total. The molecule has 0 bridgehead atoms. The Kier molecular flexibility index (Phi) is 5.00. The lowest BCUT2D eigenvalue weighted by molar-refractivity contribution is 0.525. The van der Waals surface area contributed by atoms with Crippen LogP contribution in [-0.2, 0) is 0 Å². The van der Waals surface area contributed by atoms with Gasteiger partial charge in [-0.3, -0.25) is 0 Å². The second-order valence-electron chi connectivity index (χ2n) is 5.93. The van der Waals surface area contributed by atoms with Crippen molar-refractivity contribution in [3.8, 4) is 0 Å². The van der Waals surface area contributed by atoms with E-state index in [1.807, 2.05) is 6.07 Å². The van der Waals surface area contributed by atoms with Crippen LogP contribution in [0.4, 0.5) is 17.6 Å². The van der Waals surface area contributed by atoms with Gasteiger partial charge in [0.15, 0.2) is 0 Å². The highest BCUT2D eigenvalue weighted by Crippen LogP contribution is 2.29. The first-order valence-electron chi connectivity index (χ1n) is 7.48. The summed E-state index contributed by atoms with van der Waals surface area (Å²) < 4.78 is 0. The van der Waals surface area contributed by atoms with Gasteiger partial charge in [0.1, 0.15) is 11.6 Å².